The van der Waals surface area contributed by atoms with Gasteiger partial charge in [0.25, 0.3) is 0 Å². The molecule has 0 aliphatic carbocycles. The molecule has 0 aliphatic rings. The molecule has 0 fully saturated rings. The van der Waals surface area contributed by atoms with Crippen LogP contribution in [-0.2, 0) is 6.54 Å². The second kappa shape index (κ2) is 5.97. The summed E-state index contributed by atoms with van der Waals surface area (Å²) in [6.07, 6.45) is 0. The molecule has 3 N–H and O–H groups in total. The largest absolute Gasteiger partial charge is 0.380 e. The van der Waals surface area contributed by atoms with Gasteiger partial charge in [0.2, 0.25) is 5.91 Å². The van der Waals surface area contributed by atoms with Gasteiger partial charge in [0.15, 0.2) is 0 Å². The standard InChI is InChI=1S/C16H17ClN2O/c1-10-4-3-5-14(17)15(10)19-9-13-7-6-12(16(18)20)8-11(13)2/h3-8,19H,9H2,1-2H3,(H2,18,20). The maximum absolute atomic E-state index is 11.1. The average Bonchev–Trinajstić information content (AvgIpc) is 2.39. The number of rotatable bonds is 4. The average molecular weight is 289 g/mol. The molecule has 104 valence electrons. The zero-order chi connectivity index (χ0) is 14.7. The highest BCUT2D eigenvalue weighted by Gasteiger charge is 2.06. The molecule has 0 atom stereocenters. The smallest absolute Gasteiger partial charge is 0.248 e. The van der Waals surface area contributed by atoms with Crippen LogP contribution < -0.4 is 11.1 Å². The number of para-hydroxylation sites is 1. The van der Waals surface area contributed by atoms with Gasteiger partial charge in [0.1, 0.15) is 0 Å². The van der Waals surface area contributed by atoms with E-state index in [1.54, 1.807) is 12.1 Å². The maximum Gasteiger partial charge on any atom is 0.248 e. The van der Waals surface area contributed by atoms with Crippen LogP contribution in [0.3, 0.4) is 0 Å². The number of nitrogens with one attached hydrogen (secondary N) is 1. The van der Waals surface area contributed by atoms with Crippen LogP contribution >= 0.6 is 11.6 Å². The number of hydrogen-bond acceptors (Lipinski definition) is 2. The SMILES string of the molecule is Cc1cc(C(N)=O)ccc1CNc1c(C)cccc1Cl. The maximum atomic E-state index is 11.1. The summed E-state index contributed by atoms with van der Waals surface area (Å²) in [7, 11) is 0. The van der Waals surface area contributed by atoms with Gasteiger partial charge in [-0.1, -0.05) is 29.8 Å². The van der Waals surface area contributed by atoms with E-state index in [-0.39, 0.29) is 0 Å². The van der Waals surface area contributed by atoms with Crippen molar-refractivity contribution in [2.75, 3.05) is 5.32 Å². The van der Waals surface area contributed by atoms with Gasteiger partial charge in [-0.15, -0.1) is 0 Å². The molecule has 0 saturated heterocycles. The number of nitrogens with two attached hydrogens (primary N) is 1. The first-order valence-corrected chi connectivity index (χ1v) is 6.75. The summed E-state index contributed by atoms with van der Waals surface area (Å²) in [5, 5.41) is 4.04. The monoisotopic (exact) mass is 288 g/mol. The Morgan fingerprint density at radius 3 is 2.55 bits per heavy atom. The Bertz CT molecular complexity index is 633. The number of benzene rings is 2. The zero-order valence-electron chi connectivity index (χ0n) is 11.5. The molecule has 2 rings (SSSR count). The fourth-order valence-electron chi connectivity index (χ4n) is 2.09. The molecule has 3 nitrogen and oxygen atoms in total. The van der Waals surface area contributed by atoms with E-state index in [0.717, 1.165) is 22.4 Å². The van der Waals surface area contributed by atoms with Gasteiger partial charge in [0, 0.05) is 12.1 Å². The minimum atomic E-state index is -0.408. The van der Waals surface area contributed by atoms with Crippen molar-refractivity contribution >= 4 is 23.2 Å². The highest BCUT2D eigenvalue weighted by atomic mass is 35.5. The fourth-order valence-corrected chi connectivity index (χ4v) is 2.38. The predicted molar refractivity (Wildman–Crippen MR) is 83.2 cm³/mol. The molecule has 0 unspecified atom stereocenters. The van der Waals surface area contributed by atoms with E-state index in [2.05, 4.69) is 5.32 Å². The summed E-state index contributed by atoms with van der Waals surface area (Å²) in [5.41, 5.74) is 9.96. The van der Waals surface area contributed by atoms with Gasteiger partial charge in [-0.05, 0) is 48.7 Å². The van der Waals surface area contributed by atoms with Crippen LogP contribution in [0.2, 0.25) is 5.02 Å². The molecule has 1 amide bonds. The summed E-state index contributed by atoms with van der Waals surface area (Å²) < 4.78 is 0. The third-order valence-electron chi connectivity index (χ3n) is 3.30. The number of primary amides is 1. The van der Waals surface area contributed by atoms with Crippen molar-refractivity contribution in [2.24, 2.45) is 5.73 Å². The van der Waals surface area contributed by atoms with Gasteiger partial charge in [-0.25, -0.2) is 0 Å². The van der Waals surface area contributed by atoms with Gasteiger partial charge in [-0.2, -0.15) is 0 Å². The lowest BCUT2D eigenvalue weighted by atomic mass is 10.0. The van der Waals surface area contributed by atoms with E-state index in [0.29, 0.717) is 17.1 Å². The number of halogens is 1. The minimum absolute atomic E-state index is 0.408. The second-order valence-corrected chi connectivity index (χ2v) is 5.20. The van der Waals surface area contributed by atoms with Gasteiger partial charge in [0.05, 0.1) is 10.7 Å². The van der Waals surface area contributed by atoms with Crippen LogP contribution in [0.1, 0.15) is 27.0 Å². The highest BCUT2D eigenvalue weighted by Crippen LogP contribution is 2.26. The lowest BCUT2D eigenvalue weighted by Gasteiger charge is -2.13. The number of anilines is 1. The van der Waals surface area contributed by atoms with Crippen molar-refractivity contribution in [3.05, 3.63) is 63.7 Å². The molecular weight excluding hydrogens is 272 g/mol. The lowest BCUT2D eigenvalue weighted by Crippen LogP contribution is -2.12. The Morgan fingerprint density at radius 2 is 1.95 bits per heavy atom. The van der Waals surface area contributed by atoms with Crippen molar-refractivity contribution in [1.82, 2.24) is 0 Å². The van der Waals surface area contributed by atoms with Crippen molar-refractivity contribution in [2.45, 2.75) is 20.4 Å². The number of hydrogen-bond donors (Lipinski definition) is 2. The van der Waals surface area contributed by atoms with Crippen LogP contribution in [0.5, 0.6) is 0 Å². The van der Waals surface area contributed by atoms with E-state index in [1.807, 2.05) is 38.1 Å². The highest BCUT2D eigenvalue weighted by molar-refractivity contribution is 6.33. The minimum Gasteiger partial charge on any atom is -0.380 e. The van der Waals surface area contributed by atoms with E-state index < -0.39 is 5.91 Å². The van der Waals surface area contributed by atoms with E-state index in [1.165, 1.54) is 0 Å². The summed E-state index contributed by atoms with van der Waals surface area (Å²) in [6.45, 7) is 4.62. The summed E-state index contributed by atoms with van der Waals surface area (Å²) in [5.74, 6) is -0.408. The molecule has 0 aliphatic heterocycles. The summed E-state index contributed by atoms with van der Waals surface area (Å²) >= 11 is 6.18. The Hall–Kier alpha value is -2.00. The van der Waals surface area contributed by atoms with Crippen LogP contribution in [-0.4, -0.2) is 5.91 Å². The third kappa shape index (κ3) is 3.11. The number of carbonyl (C=O) groups excluding carboxylic acids is 1. The van der Waals surface area contributed by atoms with E-state index >= 15 is 0 Å². The quantitative estimate of drug-likeness (QED) is 0.902. The van der Waals surface area contributed by atoms with Gasteiger partial charge < -0.3 is 11.1 Å². The van der Waals surface area contributed by atoms with Crippen LogP contribution in [0.25, 0.3) is 0 Å². The molecule has 4 heteroatoms. The Labute approximate surface area is 123 Å². The molecule has 20 heavy (non-hydrogen) atoms. The zero-order valence-corrected chi connectivity index (χ0v) is 12.3. The van der Waals surface area contributed by atoms with E-state index in [9.17, 15) is 4.79 Å². The lowest BCUT2D eigenvalue weighted by molar-refractivity contribution is 0.1000. The first-order valence-electron chi connectivity index (χ1n) is 6.37. The van der Waals surface area contributed by atoms with Crippen molar-refractivity contribution in [3.8, 4) is 0 Å². The first-order chi connectivity index (χ1) is 9.49. The molecule has 2 aromatic carbocycles. The molecule has 0 bridgehead atoms. The Kier molecular flexibility index (Phi) is 4.30. The molecular formula is C16H17ClN2O. The molecule has 0 heterocycles. The third-order valence-corrected chi connectivity index (χ3v) is 3.62. The normalized spacial score (nSPS) is 10.3. The summed E-state index contributed by atoms with van der Waals surface area (Å²) in [6, 6.07) is 11.3. The molecule has 0 aromatic heterocycles. The number of aryl methyl sites for hydroxylation is 2. The van der Waals surface area contributed by atoms with Crippen molar-refractivity contribution < 1.29 is 4.79 Å². The fraction of sp³-hybridized carbons (Fsp3) is 0.188. The topological polar surface area (TPSA) is 55.1 Å². The molecule has 0 saturated carbocycles. The van der Waals surface area contributed by atoms with Crippen LogP contribution in [0.15, 0.2) is 36.4 Å². The number of carbonyl (C=O) groups is 1. The first kappa shape index (κ1) is 14.4. The Balaban J connectivity index is 2.17. The molecule has 0 spiro atoms. The predicted octanol–water partition coefficient (Wildman–Crippen LogP) is 3.67. The van der Waals surface area contributed by atoms with Crippen LogP contribution in [0, 0.1) is 13.8 Å². The van der Waals surface area contributed by atoms with Crippen molar-refractivity contribution in [3.63, 3.8) is 0 Å². The van der Waals surface area contributed by atoms with E-state index in [4.69, 9.17) is 17.3 Å². The number of amides is 1. The Morgan fingerprint density at radius 1 is 1.20 bits per heavy atom. The molecule has 0 radical (unpaired) electrons. The summed E-state index contributed by atoms with van der Waals surface area (Å²) in [4.78, 5) is 11.1. The second-order valence-electron chi connectivity index (χ2n) is 4.79. The van der Waals surface area contributed by atoms with Gasteiger partial charge >= 0.3 is 0 Å². The molecule has 2 aromatic rings. The van der Waals surface area contributed by atoms with Gasteiger partial charge in [-0.3, -0.25) is 4.79 Å². The van der Waals surface area contributed by atoms with Crippen molar-refractivity contribution in [1.29, 1.82) is 0 Å². The van der Waals surface area contributed by atoms with Crippen LogP contribution in [0.4, 0.5) is 5.69 Å².